The van der Waals surface area contributed by atoms with E-state index in [4.69, 9.17) is 9.15 Å². The second-order valence-corrected chi connectivity index (χ2v) is 4.66. The van der Waals surface area contributed by atoms with Crippen LogP contribution >= 0.6 is 0 Å². The van der Waals surface area contributed by atoms with Gasteiger partial charge in [0.25, 0.3) is 5.95 Å². The van der Waals surface area contributed by atoms with Crippen LogP contribution in [0.15, 0.2) is 27.4 Å². The molecule has 1 heterocycles. The Morgan fingerprint density at radius 2 is 2.15 bits per heavy atom. The van der Waals surface area contributed by atoms with Gasteiger partial charge in [-0.25, -0.2) is 0 Å². The Bertz CT molecular complexity index is 729. The van der Waals surface area contributed by atoms with Crippen LogP contribution in [-0.2, 0) is 6.42 Å². The van der Waals surface area contributed by atoms with E-state index < -0.39 is 0 Å². The van der Waals surface area contributed by atoms with E-state index in [2.05, 4.69) is 11.8 Å². The summed E-state index contributed by atoms with van der Waals surface area (Å²) in [6.45, 7) is 5.96. The lowest BCUT2D eigenvalue weighted by atomic mass is 10.1. The van der Waals surface area contributed by atoms with Gasteiger partial charge in [-0.15, -0.1) is 5.92 Å². The van der Waals surface area contributed by atoms with Gasteiger partial charge in [-0.3, -0.25) is 4.79 Å². The predicted molar refractivity (Wildman–Crippen MR) is 80.2 cm³/mol. The molecule has 0 saturated heterocycles. The average Bonchev–Trinajstić information content (AvgIpc) is 2.44. The third kappa shape index (κ3) is 2.85. The van der Waals surface area contributed by atoms with E-state index in [1.807, 2.05) is 26.0 Å². The minimum Gasteiger partial charge on any atom is -0.452 e. The summed E-state index contributed by atoms with van der Waals surface area (Å²) in [4.78, 5) is 12.5. The van der Waals surface area contributed by atoms with Crippen LogP contribution in [0, 0.1) is 18.8 Å². The second-order valence-electron chi connectivity index (χ2n) is 4.66. The van der Waals surface area contributed by atoms with Crippen LogP contribution in [0.2, 0.25) is 0 Å². The normalized spacial score (nSPS) is 10.2. The number of rotatable bonds is 4. The van der Waals surface area contributed by atoms with Gasteiger partial charge in [0.2, 0.25) is 0 Å². The van der Waals surface area contributed by atoms with Gasteiger partial charge in [-0.05, 0) is 32.4 Å². The first kappa shape index (κ1) is 14.2. The molecule has 0 atom stereocenters. The molecule has 2 rings (SSSR count). The molecule has 2 aromatic rings. The Balaban J connectivity index is 2.59. The standard InChI is InChI=1S/C17H18O3/c1-4-6-10-19-17-13(7-5-2)16(18)14-11-12(3)8-9-15(14)20-17/h8-9,11H,5,7,10H2,1-3H3. The first-order chi connectivity index (χ1) is 9.67. The Kier molecular flexibility index (Phi) is 4.47. The van der Waals surface area contributed by atoms with Gasteiger partial charge in [-0.1, -0.05) is 30.9 Å². The van der Waals surface area contributed by atoms with Crippen LogP contribution in [0.5, 0.6) is 5.95 Å². The quantitative estimate of drug-likeness (QED) is 0.799. The highest BCUT2D eigenvalue weighted by Gasteiger charge is 2.15. The molecule has 0 aliphatic carbocycles. The molecule has 1 aromatic carbocycles. The van der Waals surface area contributed by atoms with E-state index >= 15 is 0 Å². The molecule has 0 spiro atoms. The summed E-state index contributed by atoms with van der Waals surface area (Å²) in [6, 6.07) is 5.58. The number of hydrogen-bond donors (Lipinski definition) is 0. The highest BCUT2D eigenvalue weighted by molar-refractivity contribution is 5.78. The Morgan fingerprint density at radius 3 is 2.85 bits per heavy atom. The maximum atomic E-state index is 12.5. The molecule has 104 valence electrons. The van der Waals surface area contributed by atoms with Gasteiger partial charge in [0.15, 0.2) is 12.0 Å². The summed E-state index contributed by atoms with van der Waals surface area (Å²) in [5.41, 5.74) is 2.19. The molecular weight excluding hydrogens is 252 g/mol. The van der Waals surface area contributed by atoms with Crippen molar-refractivity contribution in [1.82, 2.24) is 0 Å². The first-order valence-electron chi connectivity index (χ1n) is 6.76. The second kappa shape index (κ2) is 6.29. The van der Waals surface area contributed by atoms with Gasteiger partial charge in [0.05, 0.1) is 10.9 Å². The predicted octanol–water partition coefficient (Wildman–Crippen LogP) is 3.46. The third-order valence-electron chi connectivity index (χ3n) is 3.06. The van der Waals surface area contributed by atoms with Gasteiger partial charge in [0.1, 0.15) is 5.58 Å². The molecule has 3 nitrogen and oxygen atoms in total. The van der Waals surface area contributed by atoms with Crippen molar-refractivity contribution < 1.29 is 9.15 Å². The minimum absolute atomic E-state index is 0.00347. The molecule has 0 radical (unpaired) electrons. The summed E-state index contributed by atoms with van der Waals surface area (Å²) in [5, 5.41) is 0.613. The fourth-order valence-electron chi connectivity index (χ4n) is 2.08. The van der Waals surface area contributed by atoms with Gasteiger partial charge in [0, 0.05) is 0 Å². The Hall–Kier alpha value is -2.21. The molecule has 3 heteroatoms. The first-order valence-corrected chi connectivity index (χ1v) is 6.76. The summed E-state index contributed by atoms with van der Waals surface area (Å²) < 4.78 is 11.2. The van der Waals surface area contributed by atoms with Crippen molar-refractivity contribution in [3.05, 3.63) is 39.5 Å². The van der Waals surface area contributed by atoms with Crippen LogP contribution in [0.4, 0.5) is 0 Å². The smallest absolute Gasteiger partial charge is 0.293 e. The molecule has 0 amide bonds. The van der Waals surface area contributed by atoms with Gasteiger partial charge in [-0.2, -0.15) is 0 Å². The van der Waals surface area contributed by atoms with Crippen molar-refractivity contribution in [3.8, 4) is 17.8 Å². The minimum atomic E-state index is -0.00347. The van der Waals surface area contributed by atoms with Gasteiger partial charge >= 0.3 is 0 Å². The van der Waals surface area contributed by atoms with E-state index in [1.165, 1.54) is 0 Å². The zero-order valence-electron chi connectivity index (χ0n) is 12.1. The highest BCUT2D eigenvalue weighted by atomic mass is 16.6. The summed E-state index contributed by atoms with van der Waals surface area (Å²) in [5.74, 6) is 5.86. The van der Waals surface area contributed by atoms with Crippen molar-refractivity contribution in [3.63, 3.8) is 0 Å². The SMILES string of the molecule is CC#CCOc1oc2ccc(C)cc2c(=O)c1CCC. The molecule has 0 aliphatic heterocycles. The monoisotopic (exact) mass is 270 g/mol. The van der Waals surface area contributed by atoms with Crippen LogP contribution in [0.25, 0.3) is 11.0 Å². The molecular formula is C17H18O3. The molecule has 0 N–H and O–H groups in total. The number of aryl methyl sites for hydroxylation is 1. The maximum Gasteiger partial charge on any atom is 0.293 e. The Labute approximate surface area is 118 Å². The summed E-state index contributed by atoms with van der Waals surface area (Å²) in [6.07, 6.45) is 1.50. The fourth-order valence-corrected chi connectivity index (χ4v) is 2.08. The van der Waals surface area contributed by atoms with Crippen LogP contribution in [-0.4, -0.2) is 6.61 Å². The van der Waals surface area contributed by atoms with E-state index in [0.29, 0.717) is 28.9 Å². The molecule has 0 bridgehead atoms. The average molecular weight is 270 g/mol. The lowest BCUT2D eigenvalue weighted by Gasteiger charge is -2.09. The van der Waals surface area contributed by atoms with Crippen LogP contribution in [0.3, 0.4) is 0 Å². The topological polar surface area (TPSA) is 39.4 Å². The van der Waals surface area contributed by atoms with E-state index in [0.717, 1.165) is 12.0 Å². The van der Waals surface area contributed by atoms with Crippen molar-refractivity contribution >= 4 is 11.0 Å². The number of fused-ring (bicyclic) bond motifs is 1. The number of ether oxygens (including phenoxy) is 1. The molecule has 0 aliphatic rings. The molecule has 0 unspecified atom stereocenters. The van der Waals surface area contributed by atoms with Crippen molar-refractivity contribution in [2.75, 3.05) is 6.61 Å². The number of benzene rings is 1. The maximum absolute atomic E-state index is 12.5. The summed E-state index contributed by atoms with van der Waals surface area (Å²) in [7, 11) is 0. The molecule has 1 aromatic heterocycles. The zero-order chi connectivity index (χ0) is 14.5. The lowest BCUT2D eigenvalue weighted by molar-refractivity contribution is 0.275. The molecule has 0 saturated carbocycles. The van der Waals surface area contributed by atoms with Crippen LogP contribution < -0.4 is 10.2 Å². The van der Waals surface area contributed by atoms with E-state index in [1.54, 1.807) is 13.0 Å². The van der Waals surface area contributed by atoms with E-state index in [-0.39, 0.29) is 12.0 Å². The lowest BCUT2D eigenvalue weighted by Crippen LogP contribution is -2.12. The fraction of sp³-hybridized carbons (Fsp3) is 0.353. The molecule has 20 heavy (non-hydrogen) atoms. The van der Waals surface area contributed by atoms with Crippen molar-refractivity contribution in [2.24, 2.45) is 0 Å². The zero-order valence-corrected chi connectivity index (χ0v) is 12.1. The third-order valence-corrected chi connectivity index (χ3v) is 3.06. The van der Waals surface area contributed by atoms with Crippen LogP contribution in [0.1, 0.15) is 31.4 Å². The van der Waals surface area contributed by atoms with Gasteiger partial charge < -0.3 is 9.15 Å². The Morgan fingerprint density at radius 1 is 1.35 bits per heavy atom. The highest BCUT2D eigenvalue weighted by Crippen LogP contribution is 2.23. The van der Waals surface area contributed by atoms with E-state index in [9.17, 15) is 4.79 Å². The number of hydrogen-bond acceptors (Lipinski definition) is 3. The summed E-state index contributed by atoms with van der Waals surface area (Å²) >= 11 is 0. The van der Waals surface area contributed by atoms with Crippen molar-refractivity contribution in [2.45, 2.75) is 33.6 Å². The van der Waals surface area contributed by atoms with Crippen molar-refractivity contribution in [1.29, 1.82) is 0 Å². The molecule has 0 fully saturated rings. The largest absolute Gasteiger partial charge is 0.452 e.